The molecule has 15 rings (SSSR count). The second-order valence-electron chi connectivity index (χ2n) is 21.1. The number of hydrogen-bond donors (Lipinski definition) is 0. The third-order valence-electron chi connectivity index (χ3n) is 16.7. The van der Waals surface area contributed by atoms with Gasteiger partial charge in [-0.1, -0.05) is 273 Å². The van der Waals surface area contributed by atoms with Crippen LogP contribution in [0.5, 0.6) is 0 Å². The van der Waals surface area contributed by atoms with Gasteiger partial charge in [-0.15, -0.1) is 0 Å². The molecule has 13 aromatic carbocycles. The Balaban J connectivity index is 1.03. The fourth-order valence-corrected chi connectivity index (χ4v) is 13.2. The van der Waals surface area contributed by atoms with Gasteiger partial charge in [0.15, 0.2) is 0 Å². The maximum Gasteiger partial charge on any atom is 0.0725 e. The van der Waals surface area contributed by atoms with Gasteiger partial charge in [-0.25, -0.2) is 0 Å². The Hall–Kier alpha value is -10.5. The minimum atomic E-state index is -0.502. The van der Waals surface area contributed by atoms with Crippen molar-refractivity contribution in [3.63, 3.8) is 0 Å². The zero-order valence-electron chi connectivity index (χ0n) is 44.6. The zero-order chi connectivity index (χ0) is 53.7. The number of fused-ring (bicyclic) bond motifs is 10. The van der Waals surface area contributed by atoms with Crippen LogP contribution in [0.2, 0.25) is 0 Å². The molecule has 0 radical (unpaired) electrons. The van der Waals surface area contributed by atoms with E-state index in [2.05, 4.69) is 337 Å². The average molecular weight is 1030 g/mol. The molecule has 1 spiro atoms. The quantitative estimate of drug-likeness (QED) is 0.127. The van der Waals surface area contributed by atoms with Crippen LogP contribution < -0.4 is 9.80 Å². The maximum absolute atomic E-state index is 2.48. The van der Waals surface area contributed by atoms with E-state index in [-0.39, 0.29) is 0 Å². The highest BCUT2D eigenvalue weighted by Crippen LogP contribution is 2.64. The Morgan fingerprint density at radius 2 is 0.506 bits per heavy atom. The first kappa shape index (κ1) is 47.7. The highest BCUT2D eigenvalue weighted by Gasteiger charge is 2.52. The second kappa shape index (κ2) is 20.0. The van der Waals surface area contributed by atoms with Gasteiger partial charge >= 0.3 is 0 Å². The van der Waals surface area contributed by atoms with Crippen LogP contribution in [-0.4, -0.2) is 0 Å². The Labute approximate surface area is 474 Å². The Morgan fingerprint density at radius 1 is 0.185 bits per heavy atom. The van der Waals surface area contributed by atoms with Crippen LogP contribution in [0, 0.1) is 0 Å². The van der Waals surface area contributed by atoms with Crippen molar-refractivity contribution in [2.45, 2.75) is 5.41 Å². The van der Waals surface area contributed by atoms with E-state index in [1.54, 1.807) is 0 Å². The largest absolute Gasteiger partial charge is 0.310 e. The maximum atomic E-state index is 2.48. The average Bonchev–Trinajstić information content (AvgIpc) is 1.96. The van der Waals surface area contributed by atoms with Crippen molar-refractivity contribution in [1.29, 1.82) is 0 Å². The summed E-state index contributed by atoms with van der Waals surface area (Å²) in [6, 6.07) is 121. The summed E-state index contributed by atoms with van der Waals surface area (Å²) < 4.78 is 0. The molecular weight excluding hydrogens is 977 g/mol. The van der Waals surface area contributed by atoms with Crippen molar-refractivity contribution in [2.75, 3.05) is 9.80 Å². The fraction of sp³-hybridized carbons (Fsp3) is 0.0127. The third kappa shape index (κ3) is 8.03. The summed E-state index contributed by atoms with van der Waals surface area (Å²) in [5, 5.41) is 0. The highest BCUT2D eigenvalue weighted by molar-refractivity contribution is 6.02. The van der Waals surface area contributed by atoms with Crippen LogP contribution in [-0.2, 0) is 5.41 Å². The summed E-state index contributed by atoms with van der Waals surface area (Å²) in [6.45, 7) is 0. The van der Waals surface area contributed by atoms with E-state index >= 15 is 0 Å². The Kier molecular flexibility index (Phi) is 11.8. The Bertz CT molecular complexity index is 4200. The molecule has 0 aliphatic heterocycles. The topological polar surface area (TPSA) is 6.48 Å². The second-order valence-corrected chi connectivity index (χ2v) is 21.1. The molecule has 2 aliphatic rings. The summed E-state index contributed by atoms with van der Waals surface area (Å²) in [6.07, 6.45) is 0. The smallest absolute Gasteiger partial charge is 0.0725 e. The molecule has 0 heterocycles. The van der Waals surface area contributed by atoms with Gasteiger partial charge < -0.3 is 9.80 Å². The van der Waals surface area contributed by atoms with E-state index in [0.29, 0.717) is 0 Å². The molecule has 81 heavy (non-hydrogen) atoms. The van der Waals surface area contributed by atoms with Crippen LogP contribution in [0.4, 0.5) is 34.1 Å². The van der Waals surface area contributed by atoms with E-state index in [1.165, 1.54) is 61.2 Å². The Morgan fingerprint density at radius 3 is 0.951 bits per heavy atom. The number of anilines is 6. The predicted molar refractivity (Wildman–Crippen MR) is 339 cm³/mol. The minimum absolute atomic E-state index is 0.502. The van der Waals surface area contributed by atoms with Crippen molar-refractivity contribution in [3.8, 4) is 77.9 Å². The summed E-state index contributed by atoms with van der Waals surface area (Å²) in [4.78, 5) is 4.96. The van der Waals surface area contributed by atoms with Gasteiger partial charge in [0, 0.05) is 33.9 Å². The first-order chi connectivity index (χ1) is 40.2. The number of rotatable bonds is 11. The molecule has 0 amide bonds. The molecular formula is C79H54N2. The highest BCUT2D eigenvalue weighted by atomic mass is 15.2. The van der Waals surface area contributed by atoms with E-state index in [0.717, 1.165) is 73.1 Å². The van der Waals surface area contributed by atoms with Crippen molar-refractivity contribution in [2.24, 2.45) is 0 Å². The lowest BCUT2D eigenvalue weighted by Gasteiger charge is -2.32. The zero-order valence-corrected chi connectivity index (χ0v) is 44.6. The summed E-state index contributed by atoms with van der Waals surface area (Å²) in [5.74, 6) is 0. The van der Waals surface area contributed by atoms with Gasteiger partial charge in [-0.3, -0.25) is 0 Å². The van der Waals surface area contributed by atoms with Crippen LogP contribution in [0.25, 0.3) is 77.9 Å². The standard InChI is InChI=1S/C79H54N2/c1-5-24-55(25-6-1)57-44-48-62(49-45-57)80(76-42-21-16-32-66(76)59-28-9-3-10-29-59)64-52-61(68-37-23-41-75-78(68)71-36-15-20-40-74(71)79(75)72-38-18-13-34-69(72)70-35-14-19-39-73(70)79)53-65(54-64)81(63-50-46-58(47-51-63)56-26-7-2-8-27-56)77-43-22-17-33-67(77)60-30-11-4-12-31-60/h1-54H. The molecule has 0 saturated carbocycles. The van der Waals surface area contributed by atoms with Gasteiger partial charge in [-0.2, -0.15) is 0 Å². The minimum Gasteiger partial charge on any atom is -0.310 e. The predicted octanol–water partition coefficient (Wildman–Crippen LogP) is 21.3. The molecule has 2 nitrogen and oxygen atoms in total. The lowest BCUT2D eigenvalue weighted by Crippen LogP contribution is -2.25. The van der Waals surface area contributed by atoms with Crippen LogP contribution in [0.15, 0.2) is 328 Å². The molecule has 2 aliphatic carbocycles. The first-order valence-corrected chi connectivity index (χ1v) is 28.0. The molecule has 0 bridgehead atoms. The van der Waals surface area contributed by atoms with Crippen LogP contribution in [0.1, 0.15) is 22.3 Å². The number of hydrogen-bond acceptors (Lipinski definition) is 2. The third-order valence-corrected chi connectivity index (χ3v) is 16.7. The molecule has 0 atom stereocenters. The number of para-hydroxylation sites is 2. The summed E-state index contributed by atoms with van der Waals surface area (Å²) >= 11 is 0. The van der Waals surface area contributed by atoms with E-state index < -0.39 is 5.41 Å². The molecule has 380 valence electrons. The normalized spacial score (nSPS) is 12.3. The molecule has 2 heteroatoms. The molecule has 13 aromatic rings. The molecule has 0 unspecified atom stereocenters. The van der Waals surface area contributed by atoms with E-state index in [9.17, 15) is 0 Å². The van der Waals surface area contributed by atoms with E-state index in [4.69, 9.17) is 0 Å². The fourth-order valence-electron chi connectivity index (χ4n) is 13.2. The SMILES string of the molecule is c1ccc(-c2ccc(N(c3cc(-c4cccc5c4-c4ccccc4C54c5ccccc5-c5ccccc54)cc(N(c4ccc(-c5ccccc5)cc4)c4ccccc4-c4ccccc4)c3)c3ccccc3-c3ccccc3)cc2)cc1. The molecule has 0 aromatic heterocycles. The molecule has 0 saturated heterocycles. The van der Waals surface area contributed by atoms with Gasteiger partial charge in [0.25, 0.3) is 0 Å². The summed E-state index contributed by atoms with van der Waals surface area (Å²) in [5.41, 5.74) is 27.7. The van der Waals surface area contributed by atoms with Crippen molar-refractivity contribution < 1.29 is 0 Å². The van der Waals surface area contributed by atoms with Crippen molar-refractivity contribution in [3.05, 3.63) is 350 Å². The first-order valence-electron chi connectivity index (χ1n) is 28.0. The summed E-state index contributed by atoms with van der Waals surface area (Å²) in [7, 11) is 0. The van der Waals surface area contributed by atoms with Gasteiger partial charge in [0.05, 0.1) is 16.8 Å². The van der Waals surface area contributed by atoms with Gasteiger partial charge in [0.1, 0.15) is 0 Å². The molecule has 0 fully saturated rings. The van der Waals surface area contributed by atoms with Crippen LogP contribution in [0.3, 0.4) is 0 Å². The molecule has 0 N–H and O–H groups in total. The van der Waals surface area contributed by atoms with Crippen LogP contribution >= 0.6 is 0 Å². The van der Waals surface area contributed by atoms with Gasteiger partial charge in [0.2, 0.25) is 0 Å². The number of benzene rings is 13. The van der Waals surface area contributed by atoms with Crippen molar-refractivity contribution >= 4 is 34.1 Å². The number of nitrogens with zero attached hydrogens (tertiary/aromatic N) is 2. The lowest BCUT2D eigenvalue weighted by atomic mass is 9.70. The van der Waals surface area contributed by atoms with Gasteiger partial charge in [-0.05, 0) is 144 Å². The van der Waals surface area contributed by atoms with E-state index in [1.807, 2.05) is 0 Å². The van der Waals surface area contributed by atoms with Crippen molar-refractivity contribution in [1.82, 2.24) is 0 Å². The monoisotopic (exact) mass is 1030 g/mol. The lowest BCUT2D eigenvalue weighted by molar-refractivity contribution is 0.794.